The van der Waals surface area contributed by atoms with E-state index in [1.54, 1.807) is 0 Å². The summed E-state index contributed by atoms with van der Waals surface area (Å²) in [5, 5.41) is 0. The van der Waals surface area contributed by atoms with E-state index < -0.39 is 0 Å². The molecule has 3 nitrogen and oxygen atoms in total. The Morgan fingerprint density at radius 2 is 1.50 bits per heavy atom. The fraction of sp³-hybridized carbons (Fsp3) is 0.381. The molecule has 3 heteroatoms. The second-order valence-electron chi connectivity index (χ2n) is 6.56. The fourth-order valence-corrected chi connectivity index (χ4v) is 3.41. The standard InChI is InChI=1S/C19H23N.C2H5NO/c1-15-8-6-9-16(2)20(15)19-13-7-12-18(14-19)17-10-4-3-5-11-17;1-2(3)4/h3-5,7,10-16H,6,8-9H2,1-2H3;1H3,(H2,3,4). The molecule has 128 valence electrons. The Morgan fingerprint density at radius 3 is 2.08 bits per heavy atom. The average Bonchev–Trinajstić information content (AvgIpc) is 2.55. The van der Waals surface area contributed by atoms with Gasteiger partial charge in [0.05, 0.1) is 0 Å². The van der Waals surface area contributed by atoms with E-state index >= 15 is 0 Å². The smallest absolute Gasteiger partial charge is 0.214 e. The van der Waals surface area contributed by atoms with Gasteiger partial charge < -0.3 is 10.6 Å². The summed E-state index contributed by atoms with van der Waals surface area (Å²) >= 11 is 0. The van der Waals surface area contributed by atoms with Crippen LogP contribution in [0.5, 0.6) is 0 Å². The molecule has 1 saturated heterocycles. The molecule has 24 heavy (non-hydrogen) atoms. The first-order valence-electron chi connectivity index (χ1n) is 8.69. The van der Waals surface area contributed by atoms with Crippen LogP contribution >= 0.6 is 0 Å². The SMILES string of the molecule is CC(N)=O.CC1CCCC(C)N1c1cccc(-c2ccccc2)c1. The van der Waals surface area contributed by atoms with Gasteiger partial charge in [-0.1, -0.05) is 42.5 Å². The largest absolute Gasteiger partial charge is 0.370 e. The number of carbonyl (C=O) groups excluding carboxylic acids is 1. The number of piperidine rings is 1. The van der Waals surface area contributed by atoms with Crippen molar-refractivity contribution >= 4 is 11.6 Å². The number of hydrogen-bond acceptors (Lipinski definition) is 2. The number of primary amides is 1. The first kappa shape index (κ1) is 18.1. The molecule has 0 aliphatic carbocycles. The van der Waals surface area contributed by atoms with Crippen LogP contribution in [-0.2, 0) is 4.79 Å². The molecule has 2 aromatic rings. The number of nitrogens with two attached hydrogens (primary N) is 1. The lowest BCUT2D eigenvalue weighted by molar-refractivity contribution is -0.115. The lowest BCUT2D eigenvalue weighted by Crippen LogP contribution is -2.43. The zero-order chi connectivity index (χ0) is 17.5. The second kappa shape index (κ2) is 8.53. The van der Waals surface area contributed by atoms with Crippen LogP contribution in [0.1, 0.15) is 40.0 Å². The van der Waals surface area contributed by atoms with Crippen molar-refractivity contribution in [3.63, 3.8) is 0 Å². The molecule has 0 saturated carbocycles. The van der Waals surface area contributed by atoms with E-state index in [9.17, 15) is 4.79 Å². The highest BCUT2D eigenvalue weighted by molar-refractivity contribution is 5.70. The zero-order valence-electron chi connectivity index (χ0n) is 14.9. The third kappa shape index (κ3) is 4.85. The Kier molecular flexibility index (Phi) is 6.42. The summed E-state index contributed by atoms with van der Waals surface area (Å²) in [6, 6.07) is 20.9. The monoisotopic (exact) mass is 324 g/mol. The van der Waals surface area contributed by atoms with E-state index in [0.717, 1.165) is 0 Å². The second-order valence-corrected chi connectivity index (χ2v) is 6.56. The van der Waals surface area contributed by atoms with E-state index in [2.05, 4.69) is 79.1 Å². The van der Waals surface area contributed by atoms with Crippen LogP contribution in [0, 0.1) is 0 Å². The first-order chi connectivity index (χ1) is 11.5. The fourth-order valence-electron chi connectivity index (χ4n) is 3.41. The summed E-state index contributed by atoms with van der Waals surface area (Å²) in [5.41, 5.74) is 8.45. The molecular formula is C21H28N2O. The maximum atomic E-state index is 9.22. The van der Waals surface area contributed by atoms with Crippen molar-refractivity contribution in [2.24, 2.45) is 5.73 Å². The molecule has 1 aliphatic rings. The van der Waals surface area contributed by atoms with Crippen molar-refractivity contribution < 1.29 is 4.79 Å². The summed E-state index contributed by atoms with van der Waals surface area (Å²) in [7, 11) is 0. The minimum absolute atomic E-state index is 0.333. The normalized spacial score (nSPS) is 20.0. The van der Waals surface area contributed by atoms with Gasteiger partial charge in [-0.2, -0.15) is 0 Å². The molecule has 1 amide bonds. The first-order valence-corrected chi connectivity index (χ1v) is 8.69. The number of anilines is 1. The molecule has 3 rings (SSSR count). The number of benzene rings is 2. The van der Waals surface area contributed by atoms with Crippen molar-refractivity contribution in [1.82, 2.24) is 0 Å². The zero-order valence-corrected chi connectivity index (χ0v) is 14.9. The lowest BCUT2D eigenvalue weighted by Gasteiger charge is -2.41. The minimum atomic E-state index is -0.333. The predicted octanol–water partition coefficient (Wildman–Crippen LogP) is 4.61. The third-order valence-corrected chi connectivity index (χ3v) is 4.44. The highest BCUT2D eigenvalue weighted by Crippen LogP contribution is 2.31. The quantitative estimate of drug-likeness (QED) is 0.876. The molecule has 2 N–H and O–H groups in total. The minimum Gasteiger partial charge on any atom is -0.370 e. The number of hydrogen-bond donors (Lipinski definition) is 1. The lowest BCUT2D eigenvalue weighted by atomic mass is 9.95. The molecule has 0 spiro atoms. The molecule has 2 aromatic carbocycles. The van der Waals surface area contributed by atoms with Crippen LogP contribution in [0.3, 0.4) is 0 Å². The van der Waals surface area contributed by atoms with Gasteiger partial charge in [-0.3, -0.25) is 4.79 Å². The molecule has 0 bridgehead atoms. The van der Waals surface area contributed by atoms with Gasteiger partial charge >= 0.3 is 0 Å². The van der Waals surface area contributed by atoms with Gasteiger partial charge in [0, 0.05) is 24.7 Å². The predicted molar refractivity (Wildman–Crippen MR) is 102 cm³/mol. The van der Waals surface area contributed by atoms with E-state index in [0.29, 0.717) is 12.1 Å². The van der Waals surface area contributed by atoms with Crippen LogP contribution < -0.4 is 10.6 Å². The van der Waals surface area contributed by atoms with E-state index in [-0.39, 0.29) is 5.91 Å². The van der Waals surface area contributed by atoms with Gasteiger partial charge in [-0.25, -0.2) is 0 Å². The number of rotatable bonds is 2. The van der Waals surface area contributed by atoms with Crippen LogP contribution in [0.2, 0.25) is 0 Å². The summed E-state index contributed by atoms with van der Waals surface area (Å²) in [6.07, 6.45) is 3.97. The van der Waals surface area contributed by atoms with Crippen molar-refractivity contribution in [3.8, 4) is 11.1 Å². The van der Waals surface area contributed by atoms with Crippen LogP contribution in [-0.4, -0.2) is 18.0 Å². The molecule has 1 aliphatic heterocycles. The summed E-state index contributed by atoms with van der Waals surface area (Å²) in [6.45, 7) is 6.01. The van der Waals surface area contributed by atoms with Crippen molar-refractivity contribution in [2.45, 2.75) is 52.1 Å². The Morgan fingerprint density at radius 1 is 0.958 bits per heavy atom. The average molecular weight is 324 g/mol. The van der Waals surface area contributed by atoms with Crippen LogP contribution in [0.4, 0.5) is 5.69 Å². The highest BCUT2D eigenvalue weighted by Gasteiger charge is 2.24. The topological polar surface area (TPSA) is 46.3 Å². The van der Waals surface area contributed by atoms with Gasteiger partial charge in [-0.05, 0) is 56.4 Å². The number of nitrogens with zero attached hydrogens (tertiary/aromatic N) is 1. The van der Waals surface area contributed by atoms with Gasteiger partial charge in [0.1, 0.15) is 0 Å². The molecule has 2 atom stereocenters. The van der Waals surface area contributed by atoms with Crippen molar-refractivity contribution in [1.29, 1.82) is 0 Å². The molecule has 0 radical (unpaired) electrons. The Bertz CT molecular complexity index is 640. The molecule has 1 heterocycles. The Balaban J connectivity index is 0.000000471. The maximum Gasteiger partial charge on any atom is 0.214 e. The molecule has 2 unspecified atom stereocenters. The highest BCUT2D eigenvalue weighted by atomic mass is 16.1. The molecular weight excluding hydrogens is 296 g/mol. The van der Waals surface area contributed by atoms with E-state index in [1.165, 1.54) is 43.0 Å². The van der Waals surface area contributed by atoms with Crippen molar-refractivity contribution in [3.05, 3.63) is 54.6 Å². The molecule has 0 aromatic heterocycles. The van der Waals surface area contributed by atoms with Gasteiger partial charge in [0.2, 0.25) is 5.91 Å². The third-order valence-electron chi connectivity index (χ3n) is 4.44. The number of carbonyl (C=O) groups is 1. The summed E-state index contributed by atoms with van der Waals surface area (Å²) in [5.74, 6) is -0.333. The summed E-state index contributed by atoms with van der Waals surface area (Å²) < 4.78 is 0. The van der Waals surface area contributed by atoms with Gasteiger partial charge in [-0.15, -0.1) is 0 Å². The summed E-state index contributed by atoms with van der Waals surface area (Å²) in [4.78, 5) is 11.8. The molecule has 1 fully saturated rings. The maximum absolute atomic E-state index is 9.22. The van der Waals surface area contributed by atoms with Gasteiger partial charge in [0.15, 0.2) is 0 Å². The Hall–Kier alpha value is -2.29. The van der Waals surface area contributed by atoms with Crippen LogP contribution in [0.15, 0.2) is 54.6 Å². The number of amides is 1. The van der Waals surface area contributed by atoms with Gasteiger partial charge in [0.25, 0.3) is 0 Å². The van der Waals surface area contributed by atoms with E-state index in [4.69, 9.17) is 0 Å². The van der Waals surface area contributed by atoms with E-state index in [1.807, 2.05) is 0 Å². The Labute approximate surface area is 145 Å². The van der Waals surface area contributed by atoms with Crippen LogP contribution in [0.25, 0.3) is 11.1 Å². The van der Waals surface area contributed by atoms with Crippen molar-refractivity contribution in [2.75, 3.05) is 4.90 Å².